The van der Waals surface area contributed by atoms with E-state index in [0.29, 0.717) is 19.6 Å². The molecule has 0 aromatic carbocycles. The summed E-state index contributed by atoms with van der Waals surface area (Å²) in [4.78, 5) is 23.8. The summed E-state index contributed by atoms with van der Waals surface area (Å²) in [6, 6.07) is 2.03. The van der Waals surface area contributed by atoms with Gasteiger partial charge in [0.1, 0.15) is 10.6 Å². The van der Waals surface area contributed by atoms with Crippen molar-refractivity contribution in [2.75, 3.05) is 25.1 Å². The standard InChI is InChI=1S/C13H16ClN3O2S/c1-4-19-10(18)5-6-17(3)11-9-7-8(2)20-12(9)16-13(14)15-11/h7H,4-6H2,1-3H3. The van der Waals surface area contributed by atoms with Crippen molar-refractivity contribution in [3.63, 3.8) is 0 Å². The van der Waals surface area contributed by atoms with Gasteiger partial charge in [0, 0.05) is 18.5 Å². The van der Waals surface area contributed by atoms with Crippen LogP contribution in [0.25, 0.3) is 10.2 Å². The number of hydrogen-bond donors (Lipinski definition) is 0. The fraction of sp³-hybridized carbons (Fsp3) is 0.462. The second-order valence-electron chi connectivity index (χ2n) is 4.37. The molecule has 0 unspecified atom stereocenters. The van der Waals surface area contributed by atoms with E-state index in [2.05, 4.69) is 9.97 Å². The Labute approximate surface area is 126 Å². The Bertz CT molecular complexity index is 629. The maximum absolute atomic E-state index is 11.4. The molecule has 0 saturated carbocycles. The zero-order valence-corrected chi connectivity index (χ0v) is 13.2. The third kappa shape index (κ3) is 3.37. The number of thiophene rings is 1. The number of fused-ring (bicyclic) bond motifs is 1. The summed E-state index contributed by atoms with van der Waals surface area (Å²) in [5.74, 6) is 0.533. The fourth-order valence-electron chi connectivity index (χ4n) is 1.89. The Morgan fingerprint density at radius 2 is 2.25 bits per heavy atom. The Morgan fingerprint density at radius 3 is 2.95 bits per heavy atom. The molecular weight excluding hydrogens is 298 g/mol. The number of rotatable bonds is 5. The van der Waals surface area contributed by atoms with E-state index < -0.39 is 0 Å². The predicted octanol–water partition coefficient (Wildman–Crippen LogP) is 3.04. The lowest BCUT2D eigenvalue weighted by molar-refractivity contribution is -0.142. The van der Waals surface area contributed by atoms with Gasteiger partial charge in [0.25, 0.3) is 0 Å². The highest BCUT2D eigenvalue weighted by Gasteiger charge is 2.14. The molecule has 0 amide bonds. The summed E-state index contributed by atoms with van der Waals surface area (Å²) in [5.41, 5.74) is 0. The number of halogens is 1. The molecule has 0 fully saturated rings. The van der Waals surface area contributed by atoms with Crippen molar-refractivity contribution in [3.8, 4) is 0 Å². The van der Waals surface area contributed by atoms with Gasteiger partial charge in [-0.3, -0.25) is 4.79 Å². The summed E-state index contributed by atoms with van der Waals surface area (Å²) in [6.45, 7) is 4.73. The number of aryl methyl sites for hydroxylation is 1. The van der Waals surface area contributed by atoms with Gasteiger partial charge in [-0.15, -0.1) is 11.3 Å². The number of aromatic nitrogens is 2. The first kappa shape index (κ1) is 15.0. The molecule has 0 N–H and O–H groups in total. The van der Waals surface area contributed by atoms with Gasteiger partial charge in [-0.25, -0.2) is 4.98 Å². The molecule has 0 saturated heterocycles. The van der Waals surface area contributed by atoms with Crippen molar-refractivity contribution in [2.24, 2.45) is 0 Å². The quantitative estimate of drug-likeness (QED) is 0.627. The Morgan fingerprint density at radius 1 is 1.50 bits per heavy atom. The molecule has 0 radical (unpaired) electrons. The van der Waals surface area contributed by atoms with Gasteiger partial charge < -0.3 is 9.64 Å². The minimum absolute atomic E-state index is 0.211. The Kier molecular flexibility index (Phi) is 4.77. The average molecular weight is 314 g/mol. The lowest BCUT2D eigenvalue weighted by Gasteiger charge is -2.18. The lowest BCUT2D eigenvalue weighted by Crippen LogP contribution is -2.23. The number of ether oxygens (including phenoxy) is 1. The number of carbonyl (C=O) groups excluding carboxylic acids is 1. The number of nitrogens with zero attached hydrogens (tertiary/aromatic N) is 3. The van der Waals surface area contributed by atoms with Gasteiger partial charge in [0.05, 0.1) is 18.4 Å². The van der Waals surface area contributed by atoms with Crippen molar-refractivity contribution in [2.45, 2.75) is 20.3 Å². The highest BCUT2D eigenvalue weighted by atomic mass is 35.5. The van der Waals surface area contributed by atoms with E-state index in [1.807, 2.05) is 24.9 Å². The predicted molar refractivity (Wildman–Crippen MR) is 81.7 cm³/mol. The zero-order chi connectivity index (χ0) is 14.7. The molecule has 2 aromatic heterocycles. The highest BCUT2D eigenvalue weighted by molar-refractivity contribution is 7.18. The first-order valence-electron chi connectivity index (χ1n) is 6.31. The van der Waals surface area contributed by atoms with Gasteiger partial charge in [0.2, 0.25) is 5.28 Å². The van der Waals surface area contributed by atoms with Crippen LogP contribution < -0.4 is 4.90 Å². The number of hydrogen-bond acceptors (Lipinski definition) is 6. The molecule has 108 valence electrons. The Balaban J connectivity index is 2.20. The lowest BCUT2D eigenvalue weighted by atomic mass is 10.3. The number of esters is 1. The van der Waals surface area contributed by atoms with E-state index in [4.69, 9.17) is 16.3 Å². The largest absolute Gasteiger partial charge is 0.466 e. The summed E-state index contributed by atoms with van der Waals surface area (Å²) in [5, 5.41) is 1.18. The molecule has 2 rings (SSSR count). The summed E-state index contributed by atoms with van der Waals surface area (Å²) in [6.07, 6.45) is 0.316. The van der Waals surface area contributed by atoms with Gasteiger partial charge in [0.15, 0.2) is 0 Å². The van der Waals surface area contributed by atoms with Crippen LogP contribution in [0.1, 0.15) is 18.2 Å². The number of carbonyl (C=O) groups is 1. The first-order valence-corrected chi connectivity index (χ1v) is 7.51. The van der Waals surface area contributed by atoms with Gasteiger partial charge in [-0.2, -0.15) is 4.98 Å². The Hall–Kier alpha value is -1.40. The van der Waals surface area contributed by atoms with Crippen molar-refractivity contribution in [1.82, 2.24) is 9.97 Å². The first-order chi connectivity index (χ1) is 9.51. The van der Waals surface area contributed by atoms with Crippen molar-refractivity contribution < 1.29 is 9.53 Å². The van der Waals surface area contributed by atoms with Gasteiger partial charge >= 0.3 is 5.97 Å². The topological polar surface area (TPSA) is 55.3 Å². The monoisotopic (exact) mass is 313 g/mol. The molecular formula is C13H16ClN3O2S. The number of anilines is 1. The molecule has 0 spiro atoms. The molecule has 0 aliphatic rings. The fourth-order valence-corrected chi connectivity index (χ4v) is 2.98. The molecule has 0 bridgehead atoms. The van der Waals surface area contributed by atoms with Gasteiger partial charge in [-0.05, 0) is 31.5 Å². The minimum Gasteiger partial charge on any atom is -0.466 e. The summed E-state index contributed by atoms with van der Waals surface area (Å²) >= 11 is 7.53. The van der Waals surface area contributed by atoms with Crippen molar-refractivity contribution in [1.29, 1.82) is 0 Å². The molecule has 2 aromatic rings. The van der Waals surface area contributed by atoms with Gasteiger partial charge in [-0.1, -0.05) is 0 Å². The van der Waals surface area contributed by atoms with Crippen molar-refractivity contribution >= 4 is 44.9 Å². The van der Waals surface area contributed by atoms with Crippen LogP contribution in [0.4, 0.5) is 5.82 Å². The molecule has 2 heterocycles. The average Bonchev–Trinajstić information content (AvgIpc) is 2.75. The molecule has 5 nitrogen and oxygen atoms in total. The van der Waals surface area contributed by atoms with E-state index >= 15 is 0 Å². The van der Waals surface area contributed by atoms with E-state index in [9.17, 15) is 4.79 Å². The van der Waals surface area contributed by atoms with Crippen LogP contribution in [0.5, 0.6) is 0 Å². The van der Waals surface area contributed by atoms with Crippen LogP contribution in [0, 0.1) is 6.92 Å². The van der Waals surface area contributed by atoms with Crippen LogP contribution in [-0.2, 0) is 9.53 Å². The molecule has 0 atom stereocenters. The molecule has 7 heteroatoms. The third-order valence-electron chi connectivity index (χ3n) is 2.79. The normalized spacial score (nSPS) is 10.8. The maximum Gasteiger partial charge on any atom is 0.307 e. The zero-order valence-electron chi connectivity index (χ0n) is 11.6. The minimum atomic E-state index is -0.211. The van der Waals surface area contributed by atoms with Crippen LogP contribution in [0.2, 0.25) is 5.28 Å². The van der Waals surface area contributed by atoms with E-state index in [0.717, 1.165) is 20.9 Å². The van der Waals surface area contributed by atoms with Crippen molar-refractivity contribution in [3.05, 3.63) is 16.2 Å². The smallest absolute Gasteiger partial charge is 0.307 e. The molecule has 0 aliphatic carbocycles. The second-order valence-corrected chi connectivity index (χ2v) is 5.94. The maximum atomic E-state index is 11.4. The van der Waals surface area contributed by atoms with Crippen LogP contribution >= 0.6 is 22.9 Å². The third-order valence-corrected chi connectivity index (χ3v) is 3.90. The summed E-state index contributed by atoms with van der Waals surface area (Å²) in [7, 11) is 1.88. The van der Waals surface area contributed by atoms with Crippen LogP contribution in [0.3, 0.4) is 0 Å². The highest BCUT2D eigenvalue weighted by Crippen LogP contribution is 2.31. The molecule has 0 aliphatic heterocycles. The SMILES string of the molecule is CCOC(=O)CCN(C)c1nc(Cl)nc2sc(C)cc12. The van der Waals surface area contributed by atoms with Crippen LogP contribution in [-0.4, -0.2) is 36.1 Å². The molecule has 20 heavy (non-hydrogen) atoms. The van der Waals surface area contributed by atoms with E-state index in [1.54, 1.807) is 18.3 Å². The summed E-state index contributed by atoms with van der Waals surface area (Å²) < 4.78 is 4.92. The van der Waals surface area contributed by atoms with E-state index in [-0.39, 0.29) is 11.3 Å². The van der Waals surface area contributed by atoms with E-state index in [1.165, 1.54) is 0 Å². The van der Waals surface area contributed by atoms with Crippen LogP contribution in [0.15, 0.2) is 6.07 Å². The second kappa shape index (κ2) is 6.37.